The first-order valence-corrected chi connectivity index (χ1v) is 6.54. The second kappa shape index (κ2) is 6.50. The lowest BCUT2D eigenvalue weighted by molar-refractivity contribution is 0.450. The molecule has 0 aliphatic heterocycles. The van der Waals surface area contributed by atoms with Crippen LogP contribution >= 0.6 is 11.6 Å². The van der Waals surface area contributed by atoms with Crippen molar-refractivity contribution in [1.82, 2.24) is 15.5 Å². The van der Waals surface area contributed by atoms with Crippen LogP contribution in [0.25, 0.3) is 0 Å². The lowest BCUT2D eigenvalue weighted by atomic mass is 10.2. The fourth-order valence-electron chi connectivity index (χ4n) is 1.55. The second-order valence-corrected chi connectivity index (χ2v) is 4.59. The van der Waals surface area contributed by atoms with Crippen LogP contribution in [0.2, 0.25) is 5.02 Å². The Hall–Kier alpha value is -1.65. The average Bonchev–Trinajstić information content (AvgIpc) is 2.42. The summed E-state index contributed by atoms with van der Waals surface area (Å²) >= 11 is 5.94. The smallest absolute Gasteiger partial charge is 0.238 e. The van der Waals surface area contributed by atoms with Gasteiger partial charge in [-0.25, -0.2) is 0 Å². The van der Waals surface area contributed by atoms with E-state index in [0.717, 1.165) is 17.8 Å². The van der Waals surface area contributed by atoms with E-state index in [0.29, 0.717) is 23.2 Å². The van der Waals surface area contributed by atoms with Gasteiger partial charge in [-0.1, -0.05) is 24.6 Å². The van der Waals surface area contributed by atoms with Crippen molar-refractivity contribution in [2.45, 2.75) is 20.4 Å². The topological polar surface area (TPSA) is 47.0 Å². The Morgan fingerprint density at radius 3 is 2.74 bits per heavy atom. The molecule has 0 spiro atoms. The number of aryl methyl sites for hydroxylation is 1. The van der Waals surface area contributed by atoms with Crippen LogP contribution in [-0.4, -0.2) is 16.7 Å². The van der Waals surface area contributed by atoms with E-state index in [1.807, 2.05) is 32.0 Å². The Morgan fingerprint density at radius 1 is 1.21 bits per heavy atom. The molecule has 0 bridgehead atoms. The number of aromatic nitrogens is 2. The van der Waals surface area contributed by atoms with Gasteiger partial charge in [0, 0.05) is 17.6 Å². The van der Waals surface area contributed by atoms with E-state index < -0.39 is 0 Å². The van der Waals surface area contributed by atoms with E-state index in [1.165, 1.54) is 0 Å². The van der Waals surface area contributed by atoms with Crippen LogP contribution in [0.3, 0.4) is 0 Å². The molecule has 0 saturated heterocycles. The van der Waals surface area contributed by atoms with Gasteiger partial charge in [0.15, 0.2) is 0 Å². The summed E-state index contributed by atoms with van der Waals surface area (Å²) in [7, 11) is 0. The monoisotopic (exact) mass is 277 g/mol. The van der Waals surface area contributed by atoms with Gasteiger partial charge in [-0.2, -0.15) is 5.10 Å². The lowest BCUT2D eigenvalue weighted by Gasteiger charge is -2.08. The van der Waals surface area contributed by atoms with Crippen LogP contribution < -0.4 is 10.1 Å². The summed E-state index contributed by atoms with van der Waals surface area (Å²) in [5.74, 6) is 1.16. The molecule has 1 aromatic heterocycles. The zero-order chi connectivity index (χ0) is 13.7. The highest BCUT2D eigenvalue weighted by molar-refractivity contribution is 6.30. The summed E-state index contributed by atoms with van der Waals surface area (Å²) in [6, 6.07) is 9.20. The Morgan fingerprint density at radius 2 is 2.05 bits per heavy atom. The average molecular weight is 278 g/mol. The van der Waals surface area contributed by atoms with Crippen LogP contribution in [0.15, 0.2) is 30.3 Å². The molecule has 2 aromatic rings. The van der Waals surface area contributed by atoms with Gasteiger partial charge >= 0.3 is 0 Å². The SMILES string of the molecule is CCNCc1ccc(Oc2cc(Cl)ccc2C)nn1. The highest BCUT2D eigenvalue weighted by atomic mass is 35.5. The molecule has 0 unspecified atom stereocenters. The Bertz CT molecular complexity index is 543. The number of nitrogens with zero attached hydrogens (tertiary/aromatic N) is 2. The maximum absolute atomic E-state index is 5.94. The molecular weight excluding hydrogens is 262 g/mol. The number of rotatable bonds is 5. The van der Waals surface area contributed by atoms with Gasteiger partial charge in [0.2, 0.25) is 5.88 Å². The van der Waals surface area contributed by atoms with Crippen LogP contribution in [0.1, 0.15) is 18.2 Å². The Labute approximate surface area is 117 Å². The van der Waals surface area contributed by atoms with Crippen LogP contribution in [0.5, 0.6) is 11.6 Å². The van der Waals surface area contributed by atoms with E-state index in [-0.39, 0.29) is 0 Å². The zero-order valence-electron chi connectivity index (χ0n) is 11.0. The van der Waals surface area contributed by atoms with Crippen molar-refractivity contribution >= 4 is 11.6 Å². The molecule has 2 rings (SSSR count). The fraction of sp³-hybridized carbons (Fsp3) is 0.286. The van der Waals surface area contributed by atoms with Gasteiger partial charge in [0.05, 0.1) is 5.69 Å². The first-order valence-electron chi connectivity index (χ1n) is 6.16. The number of benzene rings is 1. The van der Waals surface area contributed by atoms with Gasteiger partial charge in [-0.3, -0.25) is 0 Å². The summed E-state index contributed by atoms with van der Waals surface area (Å²) < 4.78 is 5.67. The standard InChI is InChI=1S/C14H16ClN3O/c1-3-16-9-12-6-7-14(18-17-12)19-13-8-11(15)5-4-10(13)2/h4-8,16H,3,9H2,1-2H3. The molecule has 5 heteroatoms. The number of hydrogen-bond donors (Lipinski definition) is 1. The second-order valence-electron chi connectivity index (χ2n) is 4.16. The molecule has 0 saturated carbocycles. The lowest BCUT2D eigenvalue weighted by Crippen LogP contribution is -2.13. The van der Waals surface area contributed by atoms with E-state index in [4.69, 9.17) is 16.3 Å². The molecule has 0 amide bonds. The number of halogens is 1. The van der Waals surface area contributed by atoms with Crippen molar-refractivity contribution in [3.8, 4) is 11.6 Å². The summed E-state index contributed by atoms with van der Waals surface area (Å²) in [6.07, 6.45) is 0. The molecule has 4 nitrogen and oxygen atoms in total. The molecule has 100 valence electrons. The molecule has 19 heavy (non-hydrogen) atoms. The number of ether oxygens (including phenoxy) is 1. The normalized spacial score (nSPS) is 10.5. The first kappa shape index (κ1) is 13.8. The molecule has 0 aliphatic carbocycles. The Kier molecular flexibility index (Phi) is 4.71. The summed E-state index contributed by atoms with van der Waals surface area (Å²) in [5.41, 5.74) is 1.89. The van der Waals surface area contributed by atoms with E-state index >= 15 is 0 Å². The van der Waals surface area contributed by atoms with Gasteiger partial charge in [0.1, 0.15) is 5.75 Å². The minimum Gasteiger partial charge on any atom is -0.437 e. The van der Waals surface area contributed by atoms with Gasteiger partial charge < -0.3 is 10.1 Å². The summed E-state index contributed by atoms with van der Waals surface area (Å²) in [5, 5.41) is 12.0. The minimum absolute atomic E-state index is 0.464. The van der Waals surface area contributed by atoms with E-state index in [1.54, 1.807) is 12.1 Å². The third-order valence-electron chi connectivity index (χ3n) is 2.62. The highest BCUT2D eigenvalue weighted by Gasteiger charge is 2.04. The number of hydrogen-bond acceptors (Lipinski definition) is 4. The van der Waals surface area contributed by atoms with Crippen molar-refractivity contribution in [3.63, 3.8) is 0 Å². The van der Waals surface area contributed by atoms with Crippen LogP contribution in [0, 0.1) is 6.92 Å². The van der Waals surface area contributed by atoms with Crippen molar-refractivity contribution in [2.75, 3.05) is 6.54 Å². The largest absolute Gasteiger partial charge is 0.437 e. The summed E-state index contributed by atoms with van der Waals surface area (Å²) in [6.45, 7) is 5.62. The molecule has 0 fully saturated rings. The van der Waals surface area contributed by atoms with Crippen molar-refractivity contribution < 1.29 is 4.74 Å². The van der Waals surface area contributed by atoms with E-state index in [9.17, 15) is 0 Å². The highest BCUT2D eigenvalue weighted by Crippen LogP contribution is 2.26. The van der Waals surface area contributed by atoms with Crippen molar-refractivity contribution in [2.24, 2.45) is 0 Å². The fourth-order valence-corrected chi connectivity index (χ4v) is 1.71. The first-order chi connectivity index (χ1) is 9.19. The van der Waals surface area contributed by atoms with Gasteiger partial charge in [-0.15, -0.1) is 5.10 Å². The molecule has 0 aliphatic rings. The molecule has 0 radical (unpaired) electrons. The molecule has 1 aromatic carbocycles. The quantitative estimate of drug-likeness (QED) is 0.910. The molecular formula is C14H16ClN3O. The van der Waals surface area contributed by atoms with Crippen molar-refractivity contribution in [3.05, 3.63) is 46.6 Å². The molecule has 1 N–H and O–H groups in total. The number of nitrogens with one attached hydrogen (secondary N) is 1. The molecule has 0 atom stereocenters. The van der Waals surface area contributed by atoms with Crippen LogP contribution in [0.4, 0.5) is 0 Å². The maximum Gasteiger partial charge on any atom is 0.238 e. The Balaban J connectivity index is 2.08. The van der Waals surface area contributed by atoms with Gasteiger partial charge in [-0.05, 0) is 37.2 Å². The van der Waals surface area contributed by atoms with Gasteiger partial charge in [0.25, 0.3) is 0 Å². The predicted octanol–water partition coefficient (Wildman–Crippen LogP) is 3.34. The third kappa shape index (κ3) is 3.91. The van der Waals surface area contributed by atoms with E-state index in [2.05, 4.69) is 15.5 Å². The maximum atomic E-state index is 5.94. The molecule has 1 heterocycles. The van der Waals surface area contributed by atoms with Crippen molar-refractivity contribution in [1.29, 1.82) is 0 Å². The van der Waals surface area contributed by atoms with Crippen LogP contribution in [-0.2, 0) is 6.54 Å². The minimum atomic E-state index is 0.464. The zero-order valence-corrected chi connectivity index (χ0v) is 11.7. The third-order valence-corrected chi connectivity index (χ3v) is 2.85. The summed E-state index contributed by atoms with van der Waals surface area (Å²) in [4.78, 5) is 0. The predicted molar refractivity (Wildman–Crippen MR) is 75.7 cm³/mol.